The Kier molecular flexibility index (Phi) is 5.21. The summed E-state index contributed by atoms with van der Waals surface area (Å²) in [6.07, 6.45) is 7.29. The van der Waals surface area contributed by atoms with Gasteiger partial charge < -0.3 is 15.2 Å². The van der Waals surface area contributed by atoms with E-state index in [1.54, 1.807) is 0 Å². The van der Waals surface area contributed by atoms with Crippen LogP contribution in [0.2, 0.25) is 0 Å². The normalized spacial score (nSPS) is 15.1. The van der Waals surface area contributed by atoms with Gasteiger partial charge in [-0.3, -0.25) is 4.79 Å². The summed E-state index contributed by atoms with van der Waals surface area (Å²) < 4.78 is 2.01. The lowest BCUT2D eigenvalue weighted by atomic mass is 10.1. The molecule has 1 aliphatic rings. The maximum absolute atomic E-state index is 12.1. The van der Waals surface area contributed by atoms with Crippen LogP contribution >= 0.6 is 0 Å². The highest BCUT2D eigenvalue weighted by Crippen LogP contribution is 2.08. The highest BCUT2D eigenvalue weighted by atomic mass is 16.1. The molecule has 0 unspecified atom stereocenters. The van der Waals surface area contributed by atoms with Crippen molar-refractivity contribution in [3.63, 3.8) is 0 Å². The Morgan fingerprint density at radius 1 is 1.53 bits per heavy atom. The lowest BCUT2D eigenvalue weighted by molar-refractivity contribution is 0.0944. The molecule has 2 heterocycles. The van der Waals surface area contributed by atoms with Crippen molar-refractivity contribution in [2.75, 3.05) is 19.6 Å². The van der Waals surface area contributed by atoms with Crippen molar-refractivity contribution in [1.29, 1.82) is 0 Å². The predicted molar refractivity (Wildman–Crippen MR) is 77.2 cm³/mol. The summed E-state index contributed by atoms with van der Waals surface area (Å²) in [5, 5.41) is 6.30. The average molecular weight is 261 g/mol. The van der Waals surface area contributed by atoms with Gasteiger partial charge >= 0.3 is 0 Å². The van der Waals surface area contributed by atoms with Gasteiger partial charge in [0.2, 0.25) is 0 Å². The van der Waals surface area contributed by atoms with Crippen LogP contribution in [-0.2, 0) is 6.54 Å². The average Bonchev–Trinajstić information content (AvgIpc) is 2.89. The molecule has 4 heteroatoms. The largest absolute Gasteiger partial charge is 0.350 e. The number of carbonyl (C=O) groups is 1. The summed E-state index contributed by atoms with van der Waals surface area (Å²) >= 11 is 0. The highest BCUT2D eigenvalue weighted by Gasteiger charge is 2.10. The number of rotatable bonds is 6. The molecule has 1 aromatic rings. The first-order valence-electron chi connectivity index (χ1n) is 7.13. The van der Waals surface area contributed by atoms with E-state index in [1.165, 1.54) is 5.57 Å². The molecule has 2 N–H and O–H groups in total. The molecule has 0 atom stereocenters. The minimum atomic E-state index is 0.0352. The number of aryl methyl sites for hydroxylation is 1. The zero-order valence-corrected chi connectivity index (χ0v) is 11.6. The van der Waals surface area contributed by atoms with E-state index in [9.17, 15) is 4.79 Å². The highest BCUT2D eigenvalue weighted by molar-refractivity contribution is 5.92. The van der Waals surface area contributed by atoms with Gasteiger partial charge in [-0.2, -0.15) is 0 Å². The van der Waals surface area contributed by atoms with Crippen LogP contribution in [0.25, 0.3) is 0 Å². The summed E-state index contributed by atoms with van der Waals surface area (Å²) in [6, 6.07) is 3.81. The Morgan fingerprint density at radius 3 is 3.16 bits per heavy atom. The third kappa shape index (κ3) is 3.96. The second kappa shape index (κ2) is 7.14. The van der Waals surface area contributed by atoms with Gasteiger partial charge in [0.15, 0.2) is 0 Å². The molecule has 2 rings (SSSR count). The smallest absolute Gasteiger partial charge is 0.267 e. The lowest BCUT2D eigenvalue weighted by Crippen LogP contribution is -2.28. The Hall–Kier alpha value is -1.55. The van der Waals surface area contributed by atoms with Crippen LogP contribution in [0.4, 0.5) is 0 Å². The van der Waals surface area contributed by atoms with Crippen molar-refractivity contribution in [1.82, 2.24) is 15.2 Å². The molecular formula is C15H23N3O. The first-order chi connectivity index (χ1) is 9.31. The summed E-state index contributed by atoms with van der Waals surface area (Å²) in [7, 11) is 0. The van der Waals surface area contributed by atoms with E-state index in [4.69, 9.17) is 0 Å². The van der Waals surface area contributed by atoms with Crippen molar-refractivity contribution in [3.8, 4) is 0 Å². The van der Waals surface area contributed by atoms with Crippen LogP contribution in [0.15, 0.2) is 30.0 Å². The summed E-state index contributed by atoms with van der Waals surface area (Å²) in [5.74, 6) is 0.0352. The number of carbonyl (C=O) groups excluding carboxylic acids is 1. The molecule has 1 aromatic heterocycles. The van der Waals surface area contributed by atoms with Crippen LogP contribution in [-0.4, -0.2) is 30.1 Å². The van der Waals surface area contributed by atoms with Gasteiger partial charge in [0, 0.05) is 25.8 Å². The van der Waals surface area contributed by atoms with Gasteiger partial charge in [-0.25, -0.2) is 0 Å². The Labute approximate surface area is 114 Å². The number of nitrogens with one attached hydrogen (secondary N) is 2. The number of nitrogens with zero attached hydrogens (tertiary/aromatic N) is 1. The van der Waals surface area contributed by atoms with Crippen molar-refractivity contribution in [2.24, 2.45) is 0 Å². The second-order valence-corrected chi connectivity index (χ2v) is 4.91. The molecule has 0 radical (unpaired) electrons. The van der Waals surface area contributed by atoms with E-state index >= 15 is 0 Å². The quantitative estimate of drug-likeness (QED) is 0.769. The maximum atomic E-state index is 12.1. The van der Waals surface area contributed by atoms with Crippen LogP contribution in [0.1, 0.15) is 36.7 Å². The molecule has 0 aromatic carbocycles. The zero-order chi connectivity index (χ0) is 13.5. The van der Waals surface area contributed by atoms with Crippen molar-refractivity contribution < 1.29 is 4.79 Å². The fraction of sp³-hybridized carbons (Fsp3) is 0.533. The molecule has 4 nitrogen and oxygen atoms in total. The Morgan fingerprint density at radius 2 is 2.42 bits per heavy atom. The van der Waals surface area contributed by atoms with Gasteiger partial charge in [-0.1, -0.05) is 18.6 Å². The van der Waals surface area contributed by atoms with E-state index in [0.29, 0.717) is 0 Å². The monoisotopic (exact) mass is 261 g/mol. The topological polar surface area (TPSA) is 46.1 Å². The molecule has 0 bridgehead atoms. The Balaban J connectivity index is 1.80. The van der Waals surface area contributed by atoms with E-state index in [1.807, 2.05) is 22.9 Å². The van der Waals surface area contributed by atoms with E-state index in [-0.39, 0.29) is 5.91 Å². The van der Waals surface area contributed by atoms with Crippen LogP contribution in [0.5, 0.6) is 0 Å². The van der Waals surface area contributed by atoms with Crippen LogP contribution in [0, 0.1) is 0 Å². The minimum absolute atomic E-state index is 0.0352. The van der Waals surface area contributed by atoms with Gasteiger partial charge in [0.25, 0.3) is 5.91 Å². The van der Waals surface area contributed by atoms with Crippen LogP contribution in [0.3, 0.4) is 0 Å². The molecule has 1 amide bonds. The third-order valence-electron chi connectivity index (χ3n) is 3.42. The minimum Gasteiger partial charge on any atom is -0.350 e. The fourth-order valence-corrected chi connectivity index (χ4v) is 2.38. The second-order valence-electron chi connectivity index (χ2n) is 4.91. The third-order valence-corrected chi connectivity index (χ3v) is 3.42. The van der Waals surface area contributed by atoms with E-state index in [0.717, 1.165) is 51.1 Å². The van der Waals surface area contributed by atoms with Crippen LogP contribution < -0.4 is 10.6 Å². The first kappa shape index (κ1) is 13.9. The zero-order valence-electron chi connectivity index (χ0n) is 11.6. The van der Waals surface area contributed by atoms with Gasteiger partial charge in [-0.15, -0.1) is 0 Å². The van der Waals surface area contributed by atoms with Gasteiger partial charge in [-0.05, 0) is 37.9 Å². The first-order valence-corrected chi connectivity index (χ1v) is 7.13. The molecule has 1 aliphatic heterocycles. The number of aromatic nitrogens is 1. The predicted octanol–water partition coefficient (Wildman–Crippen LogP) is 1.94. The van der Waals surface area contributed by atoms with Crippen molar-refractivity contribution >= 4 is 5.91 Å². The summed E-state index contributed by atoms with van der Waals surface area (Å²) in [4.78, 5) is 12.1. The molecule has 0 fully saturated rings. The number of hydrogen-bond acceptors (Lipinski definition) is 2. The standard InChI is InChI=1S/C15H23N3O/c1-2-11-18-12-3-4-14(18)15(19)17-10-7-13-5-8-16-9-6-13/h3-5,12,16H,2,6-11H2,1H3,(H,17,19). The number of amides is 1. The molecule has 0 saturated carbocycles. The molecule has 0 saturated heterocycles. The summed E-state index contributed by atoms with van der Waals surface area (Å²) in [6.45, 7) is 5.75. The van der Waals surface area contributed by atoms with E-state index < -0.39 is 0 Å². The number of hydrogen-bond donors (Lipinski definition) is 2. The van der Waals surface area contributed by atoms with Crippen molar-refractivity contribution in [2.45, 2.75) is 32.7 Å². The molecule has 0 aliphatic carbocycles. The fourth-order valence-electron chi connectivity index (χ4n) is 2.38. The van der Waals surface area contributed by atoms with Gasteiger partial charge in [0.05, 0.1) is 0 Å². The summed E-state index contributed by atoms with van der Waals surface area (Å²) in [5.41, 5.74) is 2.21. The Bertz CT molecular complexity index is 448. The van der Waals surface area contributed by atoms with Gasteiger partial charge in [0.1, 0.15) is 5.69 Å². The van der Waals surface area contributed by atoms with E-state index in [2.05, 4.69) is 23.6 Å². The molecule has 104 valence electrons. The molecule has 0 spiro atoms. The van der Waals surface area contributed by atoms with Crippen molar-refractivity contribution in [3.05, 3.63) is 35.7 Å². The lowest BCUT2D eigenvalue weighted by Gasteiger charge is -2.14. The SMILES string of the molecule is CCCn1cccc1C(=O)NCCC1=CCNCC1. The molecular weight excluding hydrogens is 238 g/mol. The molecule has 19 heavy (non-hydrogen) atoms. The maximum Gasteiger partial charge on any atom is 0.267 e.